The zero-order valence-electron chi connectivity index (χ0n) is 19.4. The van der Waals surface area contributed by atoms with Crippen LogP contribution in [0.25, 0.3) is 0 Å². The standard InChI is InChI=1S/C28H30N2O3/c1-20-12-14-22(15-13-20)27(31)30-18-25(23-10-7-11-24(16-23)33-3)26(19-30)28(32)29(2)17-21-8-5-4-6-9-21/h4-16,25-26H,17-19H2,1-3H3/t25-,26+/m0/s1. The van der Waals surface area contributed by atoms with Crippen molar-refractivity contribution in [3.8, 4) is 5.75 Å². The van der Waals surface area contributed by atoms with Crippen LogP contribution in [0.5, 0.6) is 5.75 Å². The minimum atomic E-state index is -0.319. The predicted molar refractivity (Wildman–Crippen MR) is 129 cm³/mol. The molecular weight excluding hydrogens is 412 g/mol. The van der Waals surface area contributed by atoms with E-state index in [1.807, 2.05) is 97.7 Å². The lowest BCUT2D eigenvalue weighted by Gasteiger charge is -2.25. The molecule has 0 spiro atoms. The van der Waals surface area contributed by atoms with Crippen molar-refractivity contribution in [2.24, 2.45) is 5.92 Å². The van der Waals surface area contributed by atoms with E-state index in [4.69, 9.17) is 4.74 Å². The van der Waals surface area contributed by atoms with Crippen LogP contribution in [0.1, 0.15) is 33.0 Å². The summed E-state index contributed by atoms with van der Waals surface area (Å²) in [5.74, 6) is 0.342. The number of carbonyl (C=O) groups is 2. The topological polar surface area (TPSA) is 49.9 Å². The average Bonchev–Trinajstić information content (AvgIpc) is 3.30. The quantitative estimate of drug-likeness (QED) is 0.564. The Morgan fingerprint density at radius 2 is 1.70 bits per heavy atom. The molecule has 2 amide bonds. The van der Waals surface area contributed by atoms with Gasteiger partial charge in [0.2, 0.25) is 5.91 Å². The highest BCUT2D eigenvalue weighted by Crippen LogP contribution is 2.36. The van der Waals surface area contributed by atoms with Gasteiger partial charge >= 0.3 is 0 Å². The summed E-state index contributed by atoms with van der Waals surface area (Å²) in [6.45, 7) is 3.43. The Hall–Kier alpha value is -3.60. The van der Waals surface area contributed by atoms with Gasteiger partial charge in [0, 0.05) is 38.2 Å². The first-order valence-electron chi connectivity index (χ1n) is 11.2. The molecule has 0 unspecified atom stereocenters. The van der Waals surface area contributed by atoms with Gasteiger partial charge in [-0.1, -0.05) is 60.2 Å². The van der Waals surface area contributed by atoms with E-state index >= 15 is 0 Å². The van der Waals surface area contributed by atoms with Crippen molar-refractivity contribution < 1.29 is 14.3 Å². The zero-order valence-corrected chi connectivity index (χ0v) is 19.4. The normalized spacial score (nSPS) is 17.6. The molecule has 1 aliphatic heterocycles. The molecule has 0 aromatic heterocycles. The first-order chi connectivity index (χ1) is 16.0. The van der Waals surface area contributed by atoms with Crippen LogP contribution in [0.3, 0.4) is 0 Å². The highest BCUT2D eigenvalue weighted by atomic mass is 16.5. The van der Waals surface area contributed by atoms with Crippen LogP contribution in [-0.4, -0.2) is 48.9 Å². The summed E-state index contributed by atoms with van der Waals surface area (Å²) in [5, 5.41) is 0. The van der Waals surface area contributed by atoms with Crippen molar-refractivity contribution in [3.05, 3.63) is 101 Å². The molecule has 5 heteroatoms. The van der Waals surface area contributed by atoms with Crippen molar-refractivity contribution >= 4 is 11.8 Å². The third kappa shape index (κ3) is 5.08. The second-order valence-electron chi connectivity index (χ2n) is 8.75. The monoisotopic (exact) mass is 442 g/mol. The number of benzene rings is 3. The van der Waals surface area contributed by atoms with E-state index in [1.54, 1.807) is 12.0 Å². The SMILES string of the molecule is COc1cccc([C@@H]2CN(C(=O)c3ccc(C)cc3)C[C@H]2C(=O)N(C)Cc2ccccc2)c1. The van der Waals surface area contributed by atoms with Crippen molar-refractivity contribution in [1.82, 2.24) is 9.80 Å². The van der Waals surface area contributed by atoms with E-state index in [9.17, 15) is 9.59 Å². The van der Waals surface area contributed by atoms with E-state index in [0.717, 1.165) is 22.4 Å². The fourth-order valence-electron chi connectivity index (χ4n) is 4.53. The number of carbonyl (C=O) groups excluding carboxylic acids is 2. The number of methoxy groups -OCH3 is 1. The first-order valence-corrected chi connectivity index (χ1v) is 11.2. The Bertz CT molecular complexity index is 1110. The van der Waals surface area contributed by atoms with Gasteiger partial charge in [-0.2, -0.15) is 0 Å². The van der Waals surface area contributed by atoms with Gasteiger partial charge in [-0.15, -0.1) is 0 Å². The average molecular weight is 443 g/mol. The Kier molecular flexibility index (Phi) is 6.78. The summed E-state index contributed by atoms with van der Waals surface area (Å²) in [5.41, 5.74) is 3.85. The third-order valence-corrected chi connectivity index (χ3v) is 6.38. The molecule has 3 aromatic rings. The van der Waals surface area contributed by atoms with Crippen LogP contribution in [0.2, 0.25) is 0 Å². The molecule has 0 N–H and O–H groups in total. The second-order valence-corrected chi connectivity index (χ2v) is 8.75. The molecule has 1 fully saturated rings. The lowest BCUT2D eigenvalue weighted by Crippen LogP contribution is -2.36. The maximum atomic E-state index is 13.6. The molecule has 0 aliphatic carbocycles. The summed E-state index contributed by atoms with van der Waals surface area (Å²) >= 11 is 0. The minimum absolute atomic E-state index is 0.0380. The van der Waals surface area contributed by atoms with E-state index < -0.39 is 0 Å². The number of aryl methyl sites for hydroxylation is 1. The van der Waals surface area contributed by atoms with Crippen molar-refractivity contribution in [3.63, 3.8) is 0 Å². The lowest BCUT2D eigenvalue weighted by molar-refractivity contribution is -0.134. The molecule has 1 heterocycles. The van der Waals surface area contributed by atoms with Crippen LogP contribution >= 0.6 is 0 Å². The fraction of sp³-hybridized carbons (Fsp3) is 0.286. The molecule has 4 rings (SSSR count). The molecule has 1 saturated heterocycles. The highest BCUT2D eigenvalue weighted by molar-refractivity contribution is 5.95. The lowest BCUT2D eigenvalue weighted by atomic mass is 9.88. The molecule has 3 aromatic carbocycles. The van der Waals surface area contributed by atoms with Crippen LogP contribution in [-0.2, 0) is 11.3 Å². The zero-order chi connectivity index (χ0) is 23.4. The van der Waals surface area contributed by atoms with E-state index in [1.165, 1.54) is 0 Å². The number of nitrogens with zero attached hydrogens (tertiary/aromatic N) is 2. The Balaban J connectivity index is 1.60. The van der Waals surface area contributed by atoms with Crippen LogP contribution in [0, 0.1) is 12.8 Å². The molecule has 1 aliphatic rings. The van der Waals surface area contributed by atoms with Gasteiger partial charge in [-0.05, 0) is 42.3 Å². The number of rotatable bonds is 6. The molecular formula is C28H30N2O3. The fourth-order valence-corrected chi connectivity index (χ4v) is 4.53. The maximum Gasteiger partial charge on any atom is 0.253 e. The molecule has 33 heavy (non-hydrogen) atoms. The number of hydrogen-bond acceptors (Lipinski definition) is 3. The molecule has 0 saturated carbocycles. The largest absolute Gasteiger partial charge is 0.497 e. The Morgan fingerprint density at radius 1 is 0.970 bits per heavy atom. The number of ether oxygens (including phenoxy) is 1. The van der Waals surface area contributed by atoms with Crippen LogP contribution in [0.15, 0.2) is 78.9 Å². The summed E-state index contributed by atoms with van der Waals surface area (Å²) in [4.78, 5) is 30.4. The maximum absolute atomic E-state index is 13.6. The number of hydrogen-bond donors (Lipinski definition) is 0. The van der Waals surface area contributed by atoms with E-state index in [0.29, 0.717) is 25.2 Å². The third-order valence-electron chi connectivity index (χ3n) is 6.38. The summed E-state index contributed by atoms with van der Waals surface area (Å²) in [6.07, 6.45) is 0. The van der Waals surface area contributed by atoms with Crippen molar-refractivity contribution in [2.75, 3.05) is 27.2 Å². The van der Waals surface area contributed by atoms with E-state index in [-0.39, 0.29) is 23.7 Å². The summed E-state index contributed by atoms with van der Waals surface area (Å²) in [6, 6.07) is 25.4. The molecule has 0 radical (unpaired) electrons. The Labute approximate surface area is 195 Å². The first kappa shape index (κ1) is 22.6. The number of amides is 2. The highest BCUT2D eigenvalue weighted by Gasteiger charge is 2.41. The Morgan fingerprint density at radius 3 is 2.39 bits per heavy atom. The van der Waals surface area contributed by atoms with Gasteiger partial charge in [0.15, 0.2) is 0 Å². The predicted octanol–water partition coefficient (Wildman–Crippen LogP) is 4.52. The summed E-state index contributed by atoms with van der Waals surface area (Å²) in [7, 11) is 3.47. The van der Waals surface area contributed by atoms with Crippen molar-refractivity contribution in [2.45, 2.75) is 19.4 Å². The second kappa shape index (κ2) is 9.90. The van der Waals surface area contributed by atoms with Gasteiger partial charge in [0.25, 0.3) is 5.91 Å². The van der Waals surface area contributed by atoms with Crippen molar-refractivity contribution in [1.29, 1.82) is 0 Å². The van der Waals surface area contributed by atoms with Crippen LogP contribution < -0.4 is 4.74 Å². The van der Waals surface area contributed by atoms with E-state index in [2.05, 4.69) is 0 Å². The van der Waals surface area contributed by atoms with Gasteiger partial charge in [0.1, 0.15) is 5.75 Å². The summed E-state index contributed by atoms with van der Waals surface area (Å²) < 4.78 is 5.42. The van der Waals surface area contributed by atoms with Gasteiger partial charge in [-0.25, -0.2) is 0 Å². The molecule has 170 valence electrons. The smallest absolute Gasteiger partial charge is 0.253 e. The van der Waals surface area contributed by atoms with Gasteiger partial charge in [0.05, 0.1) is 13.0 Å². The molecule has 2 atom stereocenters. The molecule has 0 bridgehead atoms. The van der Waals surface area contributed by atoms with Gasteiger partial charge in [-0.3, -0.25) is 9.59 Å². The van der Waals surface area contributed by atoms with Gasteiger partial charge < -0.3 is 14.5 Å². The molecule has 5 nitrogen and oxygen atoms in total. The van der Waals surface area contributed by atoms with Crippen LogP contribution in [0.4, 0.5) is 0 Å². The minimum Gasteiger partial charge on any atom is -0.497 e. The number of likely N-dealkylation sites (tertiary alicyclic amines) is 1.